The standard InChI is InChI=1S/C18H24O7/c1-12(16(21)25-18(2,3)4)24-15(20)10-14(19)17(22)23-11-13-8-6-5-7-9-13/h5-9,12,14,19H,10-11H2,1-4H3. The van der Waals surface area contributed by atoms with Crippen LogP contribution >= 0.6 is 0 Å². The van der Waals surface area contributed by atoms with Crippen LogP contribution in [0.4, 0.5) is 0 Å². The minimum atomic E-state index is -1.66. The lowest BCUT2D eigenvalue weighted by Crippen LogP contribution is -2.34. The van der Waals surface area contributed by atoms with Crippen molar-refractivity contribution in [2.45, 2.75) is 58.5 Å². The van der Waals surface area contributed by atoms with Gasteiger partial charge in [0.05, 0.1) is 6.42 Å². The Morgan fingerprint density at radius 3 is 2.24 bits per heavy atom. The van der Waals surface area contributed by atoms with Crippen LogP contribution in [-0.2, 0) is 35.2 Å². The van der Waals surface area contributed by atoms with E-state index in [1.54, 1.807) is 45.0 Å². The van der Waals surface area contributed by atoms with Crippen LogP contribution in [-0.4, -0.2) is 40.8 Å². The Balaban J connectivity index is 2.39. The van der Waals surface area contributed by atoms with Crippen LogP contribution in [0, 0.1) is 0 Å². The number of benzene rings is 1. The Hall–Kier alpha value is -2.41. The minimum Gasteiger partial charge on any atom is -0.459 e. The summed E-state index contributed by atoms with van der Waals surface area (Å²) in [5.74, 6) is -2.55. The van der Waals surface area contributed by atoms with Crippen molar-refractivity contribution in [2.24, 2.45) is 0 Å². The van der Waals surface area contributed by atoms with E-state index in [0.717, 1.165) is 5.56 Å². The van der Waals surface area contributed by atoms with Crippen molar-refractivity contribution in [3.63, 3.8) is 0 Å². The second-order valence-electron chi connectivity index (χ2n) is 6.48. The fraction of sp³-hybridized carbons (Fsp3) is 0.500. The second-order valence-corrected chi connectivity index (χ2v) is 6.48. The molecule has 0 saturated heterocycles. The first-order valence-electron chi connectivity index (χ1n) is 7.89. The van der Waals surface area contributed by atoms with E-state index in [4.69, 9.17) is 14.2 Å². The lowest BCUT2D eigenvalue weighted by atomic mass is 10.2. The van der Waals surface area contributed by atoms with Crippen LogP contribution in [0.1, 0.15) is 39.7 Å². The molecular formula is C18H24O7. The van der Waals surface area contributed by atoms with Gasteiger partial charge < -0.3 is 19.3 Å². The summed E-state index contributed by atoms with van der Waals surface area (Å²) in [7, 11) is 0. The Labute approximate surface area is 146 Å². The van der Waals surface area contributed by atoms with Gasteiger partial charge in [0.15, 0.2) is 12.2 Å². The molecule has 0 aliphatic heterocycles. The molecule has 0 aliphatic carbocycles. The smallest absolute Gasteiger partial charge is 0.347 e. The highest BCUT2D eigenvalue weighted by Gasteiger charge is 2.27. The van der Waals surface area contributed by atoms with E-state index in [1.807, 2.05) is 6.07 Å². The van der Waals surface area contributed by atoms with E-state index in [0.29, 0.717) is 0 Å². The summed E-state index contributed by atoms with van der Waals surface area (Å²) in [6, 6.07) is 8.92. The second kappa shape index (κ2) is 9.17. The highest BCUT2D eigenvalue weighted by atomic mass is 16.6. The number of aliphatic hydroxyl groups excluding tert-OH is 1. The number of carbonyl (C=O) groups is 3. The molecule has 0 spiro atoms. The number of esters is 3. The molecule has 0 aliphatic rings. The van der Waals surface area contributed by atoms with Gasteiger partial charge in [-0.3, -0.25) is 4.79 Å². The maximum absolute atomic E-state index is 11.7. The molecule has 0 saturated carbocycles. The fourth-order valence-electron chi connectivity index (χ4n) is 1.74. The van der Waals surface area contributed by atoms with E-state index in [-0.39, 0.29) is 6.61 Å². The molecule has 0 fully saturated rings. The Kier molecular flexibility index (Phi) is 7.57. The van der Waals surface area contributed by atoms with Gasteiger partial charge in [-0.05, 0) is 33.3 Å². The van der Waals surface area contributed by atoms with E-state index in [1.165, 1.54) is 6.92 Å². The van der Waals surface area contributed by atoms with Crippen molar-refractivity contribution in [3.8, 4) is 0 Å². The molecule has 7 heteroatoms. The van der Waals surface area contributed by atoms with Crippen LogP contribution < -0.4 is 0 Å². The van der Waals surface area contributed by atoms with E-state index in [9.17, 15) is 19.5 Å². The number of hydrogen-bond acceptors (Lipinski definition) is 7. The summed E-state index contributed by atoms with van der Waals surface area (Å²) >= 11 is 0. The molecule has 1 aromatic carbocycles. The summed E-state index contributed by atoms with van der Waals surface area (Å²) in [6.07, 6.45) is -3.41. The average molecular weight is 352 g/mol. The Bertz CT molecular complexity index is 589. The predicted molar refractivity (Wildman–Crippen MR) is 88.3 cm³/mol. The molecular weight excluding hydrogens is 328 g/mol. The summed E-state index contributed by atoms with van der Waals surface area (Å²) in [4.78, 5) is 35.1. The van der Waals surface area contributed by atoms with Crippen molar-refractivity contribution in [1.29, 1.82) is 0 Å². The molecule has 2 atom stereocenters. The van der Waals surface area contributed by atoms with Gasteiger partial charge >= 0.3 is 17.9 Å². The van der Waals surface area contributed by atoms with E-state index >= 15 is 0 Å². The summed E-state index contributed by atoms with van der Waals surface area (Å²) < 4.78 is 14.9. The third kappa shape index (κ3) is 8.30. The zero-order valence-electron chi connectivity index (χ0n) is 14.9. The molecule has 0 heterocycles. The van der Waals surface area contributed by atoms with Crippen molar-refractivity contribution in [2.75, 3.05) is 0 Å². The van der Waals surface area contributed by atoms with Crippen LogP contribution in [0.2, 0.25) is 0 Å². The largest absolute Gasteiger partial charge is 0.459 e. The monoisotopic (exact) mass is 352 g/mol. The zero-order valence-corrected chi connectivity index (χ0v) is 14.9. The predicted octanol–water partition coefficient (Wildman–Crippen LogP) is 1.75. The highest BCUT2D eigenvalue weighted by Crippen LogP contribution is 2.11. The number of rotatable bonds is 7. The normalized spacial score (nSPS) is 13.5. The Morgan fingerprint density at radius 1 is 1.08 bits per heavy atom. The van der Waals surface area contributed by atoms with Gasteiger partial charge in [0, 0.05) is 0 Å². The van der Waals surface area contributed by atoms with Gasteiger partial charge in [0.25, 0.3) is 0 Å². The fourth-order valence-corrected chi connectivity index (χ4v) is 1.74. The van der Waals surface area contributed by atoms with Gasteiger partial charge in [-0.2, -0.15) is 0 Å². The first kappa shape index (κ1) is 20.6. The maximum Gasteiger partial charge on any atom is 0.347 e. The number of carbonyl (C=O) groups excluding carboxylic acids is 3. The van der Waals surface area contributed by atoms with Crippen LogP contribution in [0.5, 0.6) is 0 Å². The Morgan fingerprint density at radius 2 is 1.68 bits per heavy atom. The number of aliphatic hydroxyl groups is 1. The van der Waals surface area contributed by atoms with Gasteiger partial charge in [-0.15, -0.1) is 0 Å². The molecule has 0 aromatic heterocycles. The van der Waals surface area contributed by atoms with Crippen molar-refractivity contribution in [1.82, 2.24) is 0 Å². The molecule has 0 radical (unpaired) electrons. The number of ether oxygens (including phenoxy) is 3. The molecule has 2 unspecified atom stereocenters. The highest BCUT2D eigenvalue weighted by molar-refractivity contribution is 5.83. The third-order valence-corrected chi connectivity index (χ3v) is 2.90. The van der Waals surface area contributed by atoms with Gasteiger partial charge in [-0.25, -0.2) is 9.59 Å². The van der Waals surface area contributed by atoms with E-state index in [2.05, 4.69) is 0 Å². The molecule has 7 nitrogen and oxygen atoms in total. The summed E-state index contributed by atoms with van der Waals surface area (Å²) in [5, 5.41) is 9.71. The SMILES string of the molecule is CC(OC(=O)CC(O)C(=O)OCc1ccccc1)C(=O)OC(C)(C)C. The third-order valence-electron chi connectivity index (χ3n) is 2.90. The molecule has 138 valence electrons. The summed E-state index contributed by atoms with van der Waals surface area (Å²) in [5.41, 5.74) is 0.0441. The summed E-state index contributed by atoms with van der Waals surface area (Å²) in [6.45, 7) is 6.40. The lowest BCUT2D eigenvalue weighted by molar-refractivity contribution is -0.176. The van der Waals surface area contributed by atoms with Crippen LogP contribution in [0.25, 0.3) is 0 Å². The van der Waals surface area contributed by atoms with Gasteiger partial charge in [0.2, 0.25) is 0 Å². The van der Waals surface area contributed by atoms with Gasteiger partial charge in [0.1, 0.15) is 12.2 Å². The molecule has 25 heavy (non-hydrogen) atoms. The molecule has 1 N–H and O–H groups in total. The van der Waals surface area contributed by atoms with Crippen LogP contribution in [0.3, 0.4) is 0 Å². The molecule has 1 aromatic rings. The lowest BCUT2D eigenvalue weighted by Gasteiger charge is -2.22. The molecule has 0 amide bonds. The quantitative estimate of drug-likeness (QED) is 0.589. The minimum absolute atomic E-state index is 0.0138. The van der Waals surface area contributed by atoms with Crippen molar-refractivity contribution in [3.05, 3.63) is 35.9 Å². The molecule has 0 bridgehead atoms. The van der Waals surface area contributed by atoms with Crippen molar-refractivity contribution >= 4 is 17.9 Å². The number of hydrogen-bond donors (Lipinski definition) is 1. The average Bonchev–Trinajstić information content (AvgIpc) is 2.51. The van der Waals surface area contributed by atoms with Gasteiger partial charge in [-0.1, -0.05) is 30.3 Å². The molecule has 1 rings (SSSR count). The van der Waals surface area contributed by atoms with E-state index < -0.39 is 42.1 Å². The topological polar surface area (TPSA) is 99.1 Å². The zero-order chi connectivity index (χ0) is 19.0. The maximum atomic E-state index is 11.7. The van der Waals surface area contributed by atoms with Crippen molar-refractivity contribution < 1.29 is 33.7 Å². The first-order valence-corrected chi connectivity index (χ1v) is 7.89. The van der Waals surface area contributed by atoms with Crippen LogP contribution in [0.15, 0.2) is 30.3 Å². The first-order chi connectivity index (χ1) is 11.6.